The third-order valence-corrected chi connectivity index (χ3v) is 4.25. The first-order valence-electron chi connectivity index (χ1n) is 6.66. The summed E-state index contributed by atoms with van der Waals surface area (Å²) in [6, 6.07) is 5.15. The topological polar surface area (TPSA) is 12.0 Å². The van der Waals surface area contributed by atoms with Gasteiger partial charge < -0.3 is 5.32 Å². The predicted molar refractivity (Wildman–Crippen MR) is 77.8 cm³/mol. The highest BCUT2D eigenvalue weighted by Gasteiger charge is 2.11. The third kappa shape index (κ3) is 2.90. The van der Waals surface area contributed by atoms with Crippen LogP contribution in [0.15, 0.2) is 18.2 Å². The minimum atomic E-state index is -0.139. The van der Waals surface area contributed by atoms with E-state index in [0.717, 1.165) is 37.1 Å². The molecule has 0 aliphatic carbocycles. The molecular formula is C15H20FNS. The van der Waals surface area contributed by atoms with Gasteiger partial charge in [0.05, 0.1) is 0 Å². The lowest BCUT2D eigenvalue weighted by Gasteiger charge is -2.04. The zero-order valence-electron chi connectivity index (χ0n) is 11.1. The Labute approximate surface area is 112 Å². The fraction of sp³-hybridized carbons (Fsp3) is 0.467. The molecule has 0 bridgehead atoms. The van der Waals surface area contributed by atoms with Crippen LogP contribution in [0.4, 0.5) is 4.39 Å². The van der Waals surface area contributed by atoms with Crippen molar-refractivity contribution in [2.45, 2.75) is 39.7 Å². The number of nitrogens with one attached hydrogen (secondary N) is 1. The zero-order chi connectivity index (χ0) is 13.0. The van der Waals surface area contributed by atoms with Gasteiger partial charge in [-0.3, -0.25) is 0 Å². The Balaban J connectivity index is 2.34. The largest absolute Gasteiger partial charge is 0.312 e. The van der Waals surface area contributed by atoms with Crippen LogP contribution in [0.5, 0.6) is 0 Å². The number of hydrogen-bond acceptors (Lipinski definition) is 2. The van der Waals surface area contributed by atoms with Crippen molar-refractivity contribution < 1.29 is 4.39 Å². The van der Waals surface area contributed by atoms with Crippen LogP contribution < -0.4 is 5.32 Å². The minimum Gasteiger partial charge on any atom is -0.312 e. The maximum Gasteiger partial charge on any atom is 0.124 e. The lowest BCUT2D eigenvalue weighted by molar-refractivity contribution is 0.630. The van der Waals surface area contributed by atoms with Gasteiger partial charge in [0.25, 0.3) is 0 Å². The second-order valence-electron chi connectivity index (χ2n) is 4.57. The van der Waals surface area contributed by atoms with Crippen molar-refractivity contribution in [2.24, 2.45) is 0 Å². The first-order valence-corrected chi connectivity index (χ1v) is 7.48. The maximum absolute atomic E-state index is 13.3. The number of fused-ring (bicyclic) bond motifs is 1. The number of rotatable bonds is 6. The van der Waals surface area contributed by atoms with Crippen LogP contribution in [0.2, 0.25) is 0 Å². The normalized spacial score (nSPS) is 11.3. The predicted octanol–water partition coefficient (Wildman–Crippen LogP) is 4.49. The summed E-state index contributed by atoms with van der Waals surface area (Å²) in [6.45, 7) is 6.30. The second-order valence-corrected chi connectivity index (χ2v) is 5.71. The average molecular weight is 265 g/mol. The van der Waals surface area contributed by atoms with Crippen LogP contribution in [-0.4, -0.2) is 6.54 Å². The van der Waals surface area contributed by atoms with Crippen molar-refractivity contribution in [3.05, 3.63) is 34.5 Å². The molecule has 0 radical (unpaired) electrons. The molecule has 0 unspecified atom stereocenters. The second kappa shape index (κ2) is 6.30. The van der Waals surface area contributed by atoms with Crippen LogP contribution >= 0.6 is 11.3 Å². The fourth-order valence-corrected chi connectivity index (χ4v) is 3.47. The van der Waals surface area contributed by atoms with Gasteiger partial charge in [-0.25, -0.2) is 4.39 Å². The molecule has 3 heteroatoms. The van der Waals surface area contributed by atoms with E-state index in [1.165, 1.54) is 15.8 Å². The smallest absolute Gasteiger partial charge is 0.124 e. The van der Waals surface area contributed by atoms with Gasteiger partial charge in [-0.1, -0.05) is 26.3 Å². The Morgan fingerprint density at radius 3 is 2.78 bits per heavy atom. The minimum absolute atomic E-state index is 0.139. The molecule has 2 rings (SSSR count). The van der Waals surface area contributed by atoms with Crippen molar-refractivity contribution in [1.82, 2.24) is 5.32 Å². The maximum atomic E-state index is 13.3. The monoisotopic (exact) mass is 265 g/mol. The average Bonchev–Trinajstić information content (AvgIpc) is 2.68. The van der Waals surface area contributed by atoms with Crippen molar-refractivity contribution in [2.75, 3.05) is 6.54 Å². The molecule has 1 heterocycles. The summed E-state index contributed by atoms with van der Waals surface area (Å²) in [5, 5.41) is 4.68. The summed E-state index contributed by atoms with van der Waals surface area (Å²) in [5.41, 5.74) is 1.40. The molecule has 0 amide bonds. The molecular weight excluding hydrogens is 245 g/mol. The lowest BCUT2D eigenvalue weighted by Crippen LogP contribution is -2.13. The summed E-state index contributed by atoms with van der Waals surface area (Å²) in [7, 11) is 0. The molecule has 0 saturated heterocycles. The third-order valence-electron chi connectivity index (χ3n) is 3.05. The van der Waals surface area contributed by atoms with Gasteiger partial charge >= 0.3 is 0 Å². The van der Waals surface area contributed by atoms with Crippen molar-refractivity contribution >= 4 is 21.4 Å². The Morgan fingerprint density at radius 1 is 1.22 bits per heavy atom. The molecule has 1 nitrogen and oxygen atoms in total. The lowest BCUT2D eigenvalue weighted by atomic mass is 10.1. The molecule has 1 aromatic heterocycles. The van der Waals surface area contributed by atoms with Crippen LogP contribution in [0.3, 0.4) is 0 Å². The highest BCUT2D eigenvalue weighted by atomic mass is 32.1. The number of thiophene rings is 1. The standard InChI is InChI=1S/C15H20FNS/c1-3-5-12-13-7-6-11(16)9-14(13)18-15(12)10-17-8-4-2/h6-7,9,17H,3-5,8,10H2,1-2H3. The van der Waals surface area contributed by atoms with E-state index in [0.29, 0.717) is 0 Å². The molecule has 0 spiro atoms. The summed E-state index contributed by atoms with van der Waals surface area (Å²) < 4.78 is 14.3. The van der Waals surface area contributed by atoms with Gasteiger partial charge in [0.1, 0.15) is 5.82 Å². The van der Waals surface area contributed by atoms with Crippen LogP contribution in [-0.2, 0) is 13.0 Å². The van der Waals surface area contributed by atoms with Gasteiger partial charge in [-0.15, -0.1) is 11.3 Å². The molecule has 98 valence electrons. The van der Waals surface area contributed by atoms with Crippen LogP contribution in [0.1, 0.15) is 37.1 Å². The van der Waals surface area contributed by atoms with Gasteiger partial charge in [0.2, 0.25) is 0 Å². The molecule has 0 aliphatic heterocycles. The first kappa shape index (κ1) is 13.5. The van der Waals surface area contributed by atoms with Gasteiger partial charge in [0, 0.05) is 16.1 Å². The van der Waals surface area contributed by atoms with Crippen molar-refractivity contribution in [3.8, 4) is 0 Å². The molecule has 0 saturated carbocycles. The van der Waals surface area contributed by atoms with E-state index >= 15 is 0 Å². The number of benzene rings is 1. The Hall–Kier alpha value is -0.930. The van der Waals surface area contributed by atoms with Gasteiger partial charge in [-0.05, 0) is 42.5 Å². The Kier molecular flexibility index (Phi) is 4.72. The molecule has 1 aromatic carbocycles. The summed E-state index contributed by atoms with van der Waals surface area (Å²) in [5.74, 6) is -0.139. The van der Waals surface area contributed by atoms with E-state index in [4.69, 9.17) is 0 Å². The molecule has 0 atom stereocenters. The number of halogens is 1. The quantitative estimate of drug-likeness (QED) is 0.759. The van der Waals surface area contributed by atoms with E-state index in [1.54, 1.807) is 23.5 Å². The Morgan fingerprint density at radius 2 is 2.06 bits per heavy atom. The molecule has 2 aromatic rings. The molecule has 0 aliphatic rings. The Bertz CT molecular complexity index is 518. The SMILES string of the molecule is CCCNCc1sc2cc(F)ccc2c1CCC. The van der Waals surface area contributed by atoms with Crippen LogP contribution in [0, 0.1) is 5.82 Å². The molecule has 0 fully saturated rings. The molecule has 1 N–H and O–H groups in total. The van der Waals surface area contributed by atoms with Crippen molar-refractivity contribution in [1.29, 1.82) is 0 Å². The highest BCUT2D eigenvalue weighted by molar-refractivity contribution is 7.19. The van der Waals surface area contributed by atoms with E-state index in [2.05, 4.69) is 19.2 Å². The van der Waals surface area contributed by atoms with Crippen LogP contribution in [0.25, 0.3) is 10.1 Å². The van der Waals surface area contributed by atoms with Gasteiger partial charge in [-0.2, -0.15) is 0 Å². The van der Waals surface area contributed by atoms with Crippen molar-refractivity contribution in [3.63, 3.8) is 0 Å². The van der Waals surface area contributed by atoms with E-state index in [-0.39, 0.29) is 5.82 Å². The zero-order valence-corrected chi connectivity index (χ0v) is 11.9. The summed E-state index contributed by atoms with van der Waals surface area (Å²) >= 11 is 1.73. The summed E-state index contributed by atoms with van der Waals surface area (Å²) in [6.07, 6.45) is 3.35. The van der Waals surface area contributed by atoms with Gasteiger partial charge in [0.15, 0.2) is 0 Å². The highest BCUT2D eigenvalue weighted by Crippen LogP contribution is 2.32. The first-order chi connectivity index (χ1) is 8.76. The van der Waals surface area contributed by atoms with E-state index < -0.39 is 0 Å². The number of aryl methyl sites for hydroxylation is 1. The number of hydrogen-bond donors (Lipinski definition) is 1. The molecule has 18 heavy (non-hydrogen) atoms. The van der Waals surface area contributed by atoms with E-state index in [1.807, 2.05) is 6.07 Å². The van der Waals surface area contributed by atoms with E-state index in [9.17, 15) is 4.39 Å². The fourth-order valence-electron chi connectivity index (χ4n) is 2.22. The summed E-state index contributed by atoms with van der Waals surface area (Å²) in [4.78, 5) is 1.37.